The van der Waals surface area contributed by atoms with Crippen molar-refractivity contribution in [2.24, 2.45) is 0 Å². The number of anilines is 1. The summed E-state index contributed by atoms with van der Waals surface area (Å²) in [6.45, 7) is 4.00. The van der Waals surface area contributed by atoms with Crippen molar-refractivity contribution in [3.05, 3.63) is 71.5 Å². The average Bonchev–Trinajstić information content (AvgIpc) is 3.39. The summed E-state index contributed by atoms with van der Waals surface area (Å²) in [4.78, 5) is 12.5. The molecule has 1 saturated carbocycles. The first-order chi connectivity index (χ1) is 15.1. The Hall–Kier alpha value is -3.81. The second-order valence-electron chi connectivity index (χ2n) is 7.99. The smallest absolute Gasteiger partial charge is 0.228 e. The molecule has 0 aliphatic heterocycles. The highest BCUT2D eigenvalue weighted by molar-refractivity contribution is 5.92. The molecule has 5 rings (SSSR count). The van der Waals surface area contributed by atoms with Crippen LogP contribution in [-0.4, -0.2) is 35.9 Å². The van der Waals surface area contributed by atoms with Crippen molar-refractivity contribution in [3.8, 4) is 17.1 Å². The summed E-state index contributed by atoms with van der Waals surface area (Å²) in [5.41, 5.74) is 5.68. The summed E-state index contributed by atoms with van der Waals surface area (Å²) in [5.74, 6) is 0.706. The average molecular weight is 413 g/mol. The Kier molecular flexibility index (Phi) is 4.82. The number of nitrogens with zero attached hydrogens (tertiary/aromatic N) is 6. The minimum Gasteiger partial charge on any atom is -0.326 e. The molecule has 2 aromatic heterocycles. The molecule has 1 fully saturated rings. The number of aryl methyl sites for hydroxylation is 2. The Labute approximate surface area is 179 Å². The minimum absolute atomic E-state index is 0.0607. The first kappa shape index (κ1) is 19.2. The fourth-order valence-electron chi connectivity index (χ4n) is 3.69. The molecule has 156 valence electrons. The molecular formula is C23H23N7O. The van der Waals surface area contributed by atoms with E-state index in [1.165, 1.54) is 0 Å². The number of carbonyl (C=O) groups excluding carboxylic acids is 1. The summed E-state index contributed by atoms with van der Waals surface area (Å²) in [6.07, 6.45) is 2.54. The van der Waals surface area contributed by atoms with Gasteiger partial charge in [-0.2, -0.15) is 5.10 Å². The Morgan fingerprint density at radius 2 is 1.81 bits per heavy atom. The van der Waals surface area contributed by atoms with Crippen molar-refractivity contribution in [3.63, 3.8) is 0 Å². The highest BCUT2D eigenvalue weighted by Crippen LogP contribution is 2.36. The largest absolute Gasteiger partial charge is 0.326 e. The Bertz CT molecular complexity index is 1220. The van der Waals surface area contributed by atoms with Gasteiger partial charge in [0.15, 0.2) is 5.82 Å². The van der Waals surface area contributed by atoms with E-state index in [9.17, 15) is 4.79 Å². The zero-order valence-corrected chi connectivity index (χ0v) is 17.5. The van der Waals surface area contributed by atoms with E-state index < -0.39 is 0 Å². The number of aromatic nitrogens is 6. The van der Waals surface area contributed by atoms with E-state index in [2.05, 4.69) is 25.9 Å². The van der Waals surface area contributed by atoms with Crippen LogP contribution in [0.3, 0.4) is 0 Å². The van der Waals surface area contributed by atoms with Gasteiger partial charge in [-0.3, -0.25) is 4.79 Å². The lowest BCUT2D eigenvalue weighted by Gasteiger charge is -2.08. The molecule has 2 aromatic carbocycles. The van der Waals surface area contributed by atoms with Gasteiger partial charge >= 0.3 is 0 Å². The Balaban J connectivity index is 1.22. The summed E-state index contributed by atoms with van der Waals surface area (Å²) in [6, 6.07) is 18.0. The van der Waals surface area contributed by atoms with Gasteiger partial charge in [-0.25, -0.2) is 9.36 Å². The lowest BCUT2D eigenvalue weighted by atomic mass is 10.1. The normalized spacial score (nSPS) is 13.4. The van der Waals surface area contributed by atoms with E-state index >= 15 is 0 Å². The predicted octanol–water partition coefficient (Wildman–Crippen LogP) is 3.66. The summed E-state index contributed by atoms with van der Waals surface area (Å²) >= 11 is 0. The molecule has 1 aliphatic carbocycles. The fraction of sp³-hybridized carbons (Fsp3) is 0.261. The third-order valence-electron chi connectivity index (χ3n) is 5.37. The van der Waals surface area contributed by atoms with E-state index in [0.29, 0.717) is 12.5 Å². The molecule has 0 radical (unpaired) electrons. The predicted molar refractivity (Wildman–Crippen MR) is 117 cm³/mol. The van der Waals surface area contributed by atoms with Crippen LogP contribution in [0, 0.1) is 13.8 Å². The van der Waals surface area contributed by atoms with E-state index in [0.717, 1.165) is 52.6 Å². The molecule has 0 bridgehead atoms. The topological polar surface area (TPSA) is 90.5 Å². The maximum absolute atomic E-state index is 12.5. The van der Waals surface area contributed by atoms with Gasteiger partial charge in [-0.1, -0.05) is 12.1 Å². The molecule has 0 saturated heterocycles. The maximum Gasteiger partial charge on any atom is 0.228 e. The first-order valence-electron chi connectivity index (χ1n) is 10.4. The molecule has 31 heavy (non-hydrogen) atoms. The SMILES string of the molecule is Cc1cc(C)n(-c2ccc(CC(=O)Nc3ccc(-c4nnnn4C4CC4)cc3)cc2)n1. The van der Waals surface area contributed by atoms with Crippen LogP contribution in [-0.2, 0) is 11.2 Å². The van der Waals surface area contributed by atoms with Gasteiger partial charge in [-0.05, 0) is 85.1 Å². The first-order valence-corrected chi connectivity index (χ1v) is 10.4. The van der Waals surface area contributed by atoms with Crippen LogP contribution < -0.4 is 5.32 Å². The lowest BCUT2D eigenvalue weighted by molar-refractivity contribution is -0.115. The van der Waals surface area contributed by atoms with Crippen LogP contribution in [0.1, 0.15) is 35.8 Å². The van der Waals surface area contributed by atoms with Gasteiger partial charge in [0.25, 0.3) is 0 Å². The van der Waals surface area contributed by atoms with E-state index in [1.807, 2.05) is 77.8 Å². The monoisotopic (exact) mass is 413 g/mol. The van der Waals surface area contributed by atoms with Crippen molar-refractivity contribution in [2.75, 3.05) is 5.32 Å². The molecule has 8 heteroatoms. The van der Waals surface area contributed by atoms with Crippen LogP contribution in [0.25, 0.3) is 17.1 Å². The summed E-state index contributed by atoms with van der Waals surface area (Å²) in [7, 11) is 0. The van der Waals surface area contributed by atoms with Crippen molar-refractivity contribution in [1.82, 2.24) is 30.0 Å². The van der Waals surface area contributed by atoms with Gasteiger partial charge in [-0.15, -0.1) is 5.10 Å². The van der Waals surface area contributed by atoms with Gasteiger partial charge in [0, 0.05) is 16.9 Å². The van der Waals surface area contributed by atoms with Crippen LogP contribution >= 0.6 is 0 Å². The number of carbonyl (C=O) groups is 1. The number of tetrazole rings is 1. The van der Waals surface area contributed by atoms with Crippen LogP contribution in [0.15, 0.2) is 54.6 Å². The number of rotatable bonds is 6. The lowest BCUT2D eigenvalue weighted by Crippen LogP contribution is -2.14. The van der Waals surface area contributed by atoms with Gasteiger partial charge in [0.05, 0.1) is 23.8 Å². The number of benzene rings is 2. The van der Waals surface area contributed by atoms with Crippen LogP contribution in [0.5, 0.6) is 0 Å². The molecule has 4 aromatic rings. The van der Waals surface area contributed by atoms with Gasteiger partial charge < -0.3 is 5.32 Å². The van der Waals surface area contributed by atoms with Crippen LogP contribution in [0.2, 0.25) is 0 Å². The highest BCUT2D eigenvalue weighted by Gasteiger charge is 2.28. The van der Waals surface area contributed by atoms with Gasteiger partial charge in [0.2, 0.25) is 5.91 Å². The van der Waals surface area contributed by atoms with Crippen molar-refractivity contribution in [2.45, 2.75) is 39.2 Å². The molecule has 0 atom stereocenters. The fourth-order valence-corrected chi connectivity index (χ4v) is 3.69. The van der Waals surface area contributed by atoms with E-state index in [-0.39, 0.29) is 5.91 Å². The zero-order chi connectivity index (χ0) is 21.4. The van der Waals surface area contributed by atoms with Crippen molar-refractivity contribution < 1.29 is 4.79 Å². The maximum atomic E-state index is 12.5. The second-order valence-corrected chi connectivity index (χ2v) is 7.99. The Morgan fingerprint density at radius 3 is 2.45 bits per heavy atom. The number of amides is 1. The minimum atomic E-state index is -0.0607. The zero-order valence-electron chi connectivity index (χ0n) is 17.5. The quantitative estimate of drug-likeness (QED) is 0.521. The number of nitrogens with one attached hydrogen (secondary N) is 1. The molecule has 0 spiro atoms. The molecular weight excluding hydrogens is 390 g/mol. The van der Waals surface area contributed by atoms with Crippen LogP contribution in [0.4, 0.5) is 5.69 Å². The van der Waals surface area contributed by atoms with Gasteiger partial charge in [0.1, 0.15) is 0 Å². The number of hydrogen-bond donors (Lipinski definition) is 1. The molecule has 0 unspecified atom stereocenters. The molecule has 8 nitrogen and oxygen atoms in total. The molecule has 1 amide bonds. The highest BCUT2D eigenvalue weighted by atomic mass is 16.1. The van der Waals surface area contributed by atoms with Crippen molar-refractivity contribution in [1.29, 1.82) is 0 Å². The van der Waals surface area contributed by atoms with E-state index in [1.54, 1.807) is 0 Å². The molecule has 1 aliphatic rings. The second kappa shape index (κ2) is 7.79. The summed E-state index contributed by atoms with van der Waals surface area (Å²) < 4.78 is 3.78. The third-order valence-corrected chi connectivity index (χ3v) is 5.37. The number of hydrogen-bond acceptors (Lipinski definition) is 5. The summed E-state index contributed by atoms with van der Waals surface area (Å²) in [5, 5.41) is 19.5. The standard InChI is InChI=1S/C23H23N7O/c1-15-13-16(2)29(26-15)20-9-3-17(4-10-20)14-22(31)24-19-7-5-18(6-8-19)23-25-27-28-30(23)21-11-12-21/h3-10,13,21H,11-12,14H2,1-2H3,(H,24,31). The van der Waals surface area contributed by atoms with Crippen molar-refractivity contribution >= 4 is 11.6 Å². The third kappa shape index (κ3) is 4.09. The molecule has 1 N–H and O–H groups in total. The van der Waals surface area contributed by atoms with E-state index in [4.69, 9.17) is 0 Å². The molecule has 2 heterocycles. The Morgan fingerprint density at radius 1 is 1.06 bits per heavy atom.